The van der Waals surface area contributed by atoms with Gasteiger partial charge in [0.2, 0.25) is 0 Å². The average molecular weight is 281 g/mol. The van der Waals surface area contributed by atoms with Crippen LogP contribution in [0.4, 0.5) is 11.4 Å². The Morgan fingerprint density at radius 1 is 0.722 bits per heavy atom. The van der Waals surface area contributed by atoms with Gasteiger partial charge >= 0.3 is 0 Å². The molecule has 94 valence electrons. The molecule has 0 radical (unpaired) electrons. The van der Waals surface area contributed by atoms with Gasteiger partial charge in [-0.2, -0.15) is 0 Å². The number of hydrogen-bond donors (Lipinski definition) is 2. The van der Waals surface area contributed by atoms with Gasteiger partial charge in [0, 0.05) is 0 Å². The van der Waals surface area contributed by atoms with Crippen LogP contribution in [-0.4, -0.2) is 0 Å². The second kappa shape index (κ2) is 5.51. The number of anilines is 2. The zero-order chi connectivity index (χ0) is 13.1. The molecule has 2 rings (SSSR count). The maximum absolute atomic E-state index is 5.98. The van der Waals surface area contributed by atoms with E-state index in [0.29, 0.717) is 21.4 Å². The lowest BCUT2D eigenvalue weighted by Crippen LogP contribution is -1.94. The van der Waals surface area contributed by atoms with E-state index in [4.69, 9.17) is 34.7 Å². The predicted molar refractivity (Wildman–Crippen MR) is 79.1 cm³/mol. The second-order valence-corrected chi connectivity index (χ2v) is 5.03. The summed E-state index contributed by atoms with van der Waals surface area (Å²) in [5.41, 5.74) is 14.9. The van der Waals surface area contributed by atoms with E-state index in [2.05, 4.69) is 0 Å². The molecule has 0 fully saturated rings. The molecule has 0 bridgehead atoms. The molecule has 2 aromatic carbocycles. The number of aryl methyl sites for hydroxylation is 2. The maximum Gasteiger partial charge on any atom is 0.0638 e. The predicted octanol–water partition coefficient (Wildman–Crippen LogP) is 3.94. The molecule has 18 heavy (non-hydrogen) atoms. The third-order valence-corrected chi connectivity index (χ3v) is 3.49. The molecule has 0 saturated heterocycles. The normalized spacial score (nSPS) is 10.6. The van der Waals surface area contributed by atoms with E-state index in [-0.39, 0.29) is 0 Å². The first-order chi connectivity index (χ1) is 8.56. The Hall–Kier alpha value is -1.38. The van der Waals surface area contributed by atoms with E-state index in [1.54, 1.807) is 0 Å². The molecule has 4 heteroatoms. The summed E-state index contributed by atoms with van der Waals surface area (Å²) in [5, 5.41) is 1.20. The van der Waals surface area contributed by atoms with Crippen LogP contribution in [0.5, 0.6) is 0 Å². The van der Waals surface area contributed by atoms with Crippen molar-refractivity contribution in [2.75, 3.05) is 11.5 Å². The first-order valence-electron chi connectivity index (χ1n) is 5.64. The first-order valence-corrected chi connectivity index (χ1v) is 6.39. The lowest BCUT2D eigenvalue weighted by atomic mass is 10.0. The summed E-state index contributed by atoms with van der Waals surface area (Å²) >= 11 is 12.0. The Kier molecular flexibility index (Phi) is 4.00. The van der Waals surface area contributed by atoms with Gasteiger partial charge < -0.3 is 11.5 Å². The summed E-state index contributed by atoms with van der Waals surface area (Å²) in [6.07, 6.45) is 1.78. The molecule has 0 aliphatic heterocycles. The third kappa shape index (κ3) is 3.09. The standard InChI is InChI=1S/C14H14Cl2N2/c15-11-7-9(3-5-13(11)17)1-2-10-4-6-14(18)12(16)8-10/h3-8H,1-2,17-18H2. The van der Waals surface area contributed by atoms with Gasteiger partial charge in [-0.3, -0.25) is 0 Å². The lowest BCUT2D eigenvalue weighted by molar-refractivity contribution is 0.961. The molecule has 0 amide bonds. The molecule has 0 unspecified atom stereocenters. The Balaban J connectivity index is 2.06. The van der Waals surface area contributed by atoms with Crippen LogP contribution < -0.4 is 11.5 Å². The molecule has 0 aromatic heterocycles. The van der Waals surface area contributed by atoms with Gasteiger partial charge in [0.15, 0.2) is 0 Å². The molecule has 0 atom stereocenters. The van der Waals surface area contributed by atoms with Crippen molar-refractivity contribution in [2.24, 2.45) is 0 Å². The summed E-state index contributed by atoms with van der Waals surface area (Å²) in [4.78, 5) is 0. The molecule has 0 aliphatic carbocycles. The van der Waals surface area contributed by atoms with E-state index in [0.717, 1.165) is 24.0 Å². The van der Waals surface area contributed by atoms with Gasteiger partial charge in [-0.05, 0) is 48.2 Å². The largest absolute Gasteiger partial charge is 0.398 e. The molecular formula is C14H14Cl2N2. The fraction of sp³-hybridized carbons (Fsp3) is 0.143. The smallest absolute Gasteiger partial charge is 0.0638 e. The Morgan fingerprint density at radius 3 is 1.44 bits per heavy atom. The minimum atomic E-state index is 0.600. The highest BCUT2D eigenvalue weighted by atomic mass is 35.5. The van der Waals surface area contributed by atoms with Crippen LogP contribution in [0.25, 0.3) is 0 Å². The number of benzene rings is 2. The zero-order valence-electron chi connectivity index (χ0n) is 9.79. The Morgan fingerprint density at radius 2 is 1.11 bits per heavy atom. The minimum absolute atomic E-state index is 0.600. The van der Waals surface area contributed by atoms with Gasteiger partial charge in [0.1, 0.15) is 0 Å². The number of nitrogens with two attached hydrogens (primary N) is 2. The molecule has 0 spiro atoms. The average Bonchev–Trinajstić information content (AvgIpc) is 2.35. The highest BCUT2D eigenvalue weighted by Gasteiger charge is 2.02. The Labute approximate surface area is 117 Å². The molecule has 0 heterocycles. The van der Waals surface area contributed by atoms with Crippen molar-refractivity contribution in [2.45, 2.75) is 12.8 Å². The fourth-order valence-corrected chi connectivity index (χ4v) is 2.15. The van der Waals surface area contributed by atoms with Crippen LogP contribution in [0, 0.1) is 0 Å². The highest BCUT2D eigenvalue weighted by molar-refractivity contribution is 6.33. The molecule has 4 N–H and O–H groups in total. The van der Waals surface area contributed by atoms with Crippen molar-refractivity contribution < 1.29 is 0 Å². The second-order valence-electron chi connectivity index (χ2n) is 4.21. The monoisotopic (exact) mass is 280 g/mol. The summed E-state index contributed by atoms with van der Waals surface area (Å²) in [5.74, 6) is 0. The van der Waals surface area contributed by atoms with Crippen LogP contribution >= 0.6 is 23.2 Å². The van der Waals surface area contributed by atoms with Gasteiger partial charge in [0.25, 0.3) is 0 Å². The number of nitrogen functional groups attached to an aromatic ring is 2. The quantitative estimate of drug-likeness (QED) is 0.837. The first kappa shape index (κ1) is 13.1. The minimum Gasteiger partial charge on any atom is -0.398 e. The van der Waals surface area contributed by atoms with E-state index in [1.807, 2.05) is 36.4 Å². The van der Waals surface area contributed by atoms with E-state index in [1.165, 1.54) is 0 Å². The van der Waals surface area contributed by atoms with E-state index in [9.17, 15) is 0 Å². The topological polar surface area (TPSA) is 52.0 Å². The van der Waals surface area contributed by atoms with Crippen LogP contribution in [0.1, 0.15) is 11.1 Å². The number of hydrogen-bond acceptors (Lipinski definition) is 2. The summed E-state index contributed by atoms with van der Waals surface area (Å²) in [6.45, 7) is 0. The van der Waals surface area contributed by atoms with E-state index >= 15 is 0 Å². The number of halogens is 2. The highest BCUT2D eigenvalue weighted by Crippen LogP contribution is 2.23. The van der Waals surface area contributed by atoms with Gasteiger partial charge in [-0.1, -0.05) is 35.3 Å². The van der Waals surface area contributed by atoms with Gasteiger partial charge in [-0.25, -0.2) is 0 Å². The van der Waals surface area contributed by atoms with Gasteiger partial charge in [0.05, 0.1) is 21.4 Å². The SMILES string of the molecule is Nc1ccc(CCc2ccc(N)c(Cl)c2)cc1Cl. The Bertz CT molecular complexity index is 516. The van der Waals surface area contributed by atoms with E-state index < -0.39 is 0 Å². The lowest BCUT2D eigenvalue weighted by Gasteiger charge is -2.06. The fourth-order valence-electron chi connectivity index (χ4n) is 1.74. The van der Waals surface area contributed by atoms with Crippen LogP contribution in [0.15, 0.2) is 36.4 Å². The van der Waals surface area contributed by atoms with Crippen molar-refractivity contribution >= 4 is 34.6 Å². The summed E-state index contributed by atoms with van der Waals surface area (Å²) in [6, 6.07) is 11.4. The van der Waals surface area contributed by atoms with Gasteiger partial charge in [-0.15, -0.1) is 0 Å². The molecule has 0 saturated carbocycles. The molecule has 2 aromatic rings. The number of rotatable bonds is 3. The van der Waals surface area contributed by atoms with Crippen LogP contribution in [0.2, 0.25) is 10.0 Å². The van der Waals surface area contributed by atoms with Crippen molar-refractivity contribution in [3.8, 4) is 0 Å². The van der Waals surface area contributed by atoms with Crippen molar-refractivity contribution in [1.29, 1.82) is 0 Å². The van der Waals surface area contributed by atoms with Crippen molar-refractivity contribution in [3.63, 3.8) is 0 Å². The van der Waals surface area contributed by atoms with Crippen LogP contribution in [-0.2, 0) is 12.8 Å². The van der Waals surface area contributed by atoms with Crippen molar-refractivity contribution in [1.82, 2.24) is 0 Å². The molecule has 2 nitrogen and oxygen atoms in total. The molecule has 0 aliphatic rings. The maximum atomic E-state index is 5.98. The summed E-state index contributed by atoms with van der Waals surface area (Å²) in [7, 11) is 0. The van der Waals surface area contributed by atoms with Crippen LogP contribution in [0.3, 0.4) is 0 Å². The third-order valence-electron chi connectivity index (χ3n) is 2.83. The molecular weight excluding hydrogens is 267 g/mol. The van der Waals surface area contributed by atoms with Crippen molar-refractivity contribution in [3.05, 3.63) is 57.6 Å². The zero-order valence-corrected chi connectivity index (χ0v) is 11.3. The summed E-state index contributed by atoms with van der Waals surface area (Å²) < 4.78 is 0.